The first-order valence-electron chi connectivity index (χ1n) is 10.1. The number of carbonyl (C=O) groups is 2. The van der Waals surface area contributed by atoms with Gasteiger partial charge < -0.3 is 14.9 Å². The molecule has 1 rings (SSSR count). The number of hydrogen-bond acceptors (Lipinski definition) is 5. The number of aliphatic hydroxyl groups is 2. The summed E-state index contributed by atoms with van der Waals surface area (Å²) in [4.78, 5) is 23.3. The van der Waals surface area contributed by atoms with Gasteiger partial charge in [-0.3, -0.25) is 9.59 Å². The molecule has 1 aliphatic carbocycles. The van der Waals surface area contributed by atoms with Crippen molar-refractivity contribution in [2.24, 2.45) is 11.8 Å². The summed E-state index contributed by atoms with van der Waals surface area (Å²) in [7, 11) is 1.40. The third kappa shape index (κ3) is 8.45. The molecular weight excluding hydrogens is 332 g/mol. The molecular formula is C21H36O5. The molecule has 0 unspecified atom stereocenters. The molecule has 5 heteroatoms. The third-order valence-electron chi connectivity index (χ3n) is 5.26. The Kier molecular flexibility index (Phi) is 11.5. The van der Waals surface area contributed by atoms with E-state index < -0.39 is 12.2 Å². The molecule has 0 bridgehead atoms. The summed E-state index contributed by atoms with van der Waals surface area (Å²) >= 11 is 0. The third-order valence-corrected chi connectivity index (χ3v) is 5.26. The Morgan fingerprint density at radius 2 is 1.96 bits per heavy atom. The molecule has 2 N–H and O–H groups in total. The number of Topliss-reactive ketones (excluding diaryl/α,β-unsaturated/α-hetero) is 1. The number of rotatable bonds is 13. The Balaban J connectivity index is 2.36. The van der Waals surface area contributed by atoms with Crippen molar-refractivity contribution >= 4 is 11.8 Å². The fourth-order valence-corrected chi connectivity index (χ4v) is 3.63. The highest BCUT2D eigenvalue weighted by Gasteiger charge is 2.39. The smallest absolute Gasteiger partial charge is 0.305 e. The van der Waals surface area contributed by atoms with Crippen LogP contribution in [0.3, 0.4) is 0 Å². The molecule has 5 nitrogen and oxygen atoms in total. The van der Waals surface area contributed by atoms with Crippen LogP contribution < -0.4 is 0 Å². The van der Waals surface area contributed by atoms with Gasteiger partial charge in [-0.25, -0.2) is 0 Å². The second-order valence-corrected chi connectivity index (χ2v) is 7.40. The van der Waals surface area contributed by atoms with Gasteiger partial charge in [-0.2, -0.15) is 0 Å². The quantitative estimate of drug-likeness (QED) is 0.295. The van der Waals surface area contributed by atoms with Crippen molar-refractivity contribution < 1.29 is 24.5 Å². The van der Waals surface area contributed by atoms with Crippen LogP contribution in [-0.2, 0) is 14.3 Å². The van der Waals surface area contributed by atoms with E-state index in [1.165, 1.54) is 7.11 Å². The highest BCUT2D eigenvalue weighted by molar-refractivity contribution is 5.88. The van der Waals surface area contributed by atoms with E-state index in [1.54, 1.807) is 6.08 Å². The van der Waals surface area contributed by atoms with Crippen LogP contribution in [0.2, 0.25) is 0 Å². The second kappa shape index (κ2) is 13.0. The first-order valence-corrected chi connectivity index (χ1v) is 10.1. The van der Waals surface area contributed by atoms with Crippen LogP contribution in [0.15, 0.2) is 12.2 Å². The number of aliphatic hydroxyl groups excluding tert-OH is 2. The van der Waals surface area contributed by atoms with Gasteiger partial charge in [0.2, 0.25) is 0 Å². The molecule has 0 amide bonds. The van der Waals surface area contributed by atoms with E-state index in [4.69, 9.17) is 0 Å². The summed E-state index contributed by atoms with van der Waals surface area (Å²) in [6, 6.07) is 0. The van der Waals surface area contributed by atoms with Crippen LogP contribution in [0, 0.1) is 11.8 Å². The molecule has 1 fully saturated rings. The van der Waals surface area contributed by atoms with Crippen LogP contribution in [0.1, 0.15) is 77.6 Å². The molecule has 1 saturated carbocycles. The van der Waals surface area contributed by atoms with Crippen LogP contribution in [0.25, 0.3) is 0 Å². The summed E-state index contributed by atoms with van der Waals surface area (Å²) in [5.41, 5.74) is 0. The average Bonchev–Trinajstić information content (AvgIpc) is 2.90. The van der Waals surface area contributed by atoms with Crippen LogP contribution >= 0.6 is 0 Å². The number of methoxy groups -OCH3 is 1. The molecule has 0 aromatic heterocycles. The number of unbranched alkanes of at least 4 members (excludes halogenated alkanes) is 5. The van der Waals surface area contributed by atoms with E-state index in [-0.39, 0.29) is 23.6 Å². The lowest BCUT2D eigenvalue weighted by molar-refractivity contribution is -0.140. The Morgan fingerprint density at radius 1 is 1.23 bits per heavy atom. The van der Waals surface area contributed by atoms with Gasteiger partial charge in [0.15, 0.2) is 5.78 Å². The van der Waals surface area contributed by atoms with Crippen LogP contribution in [0.5, 0.6) is 0 Å². The van der Waals surface area contributed by atoms with E-state index in [0.29, 0.717) is 12.8 Å². The number of ketones is 1. The van der Waals surface area contributed by atoms with E-state index in [1.807, 2.05) is 6.08 Å². The molecule has 0 aromatic carbocycles. The van der Waals surface area contributed by atoms with Gasteiger partial charge in [-0.1, -0.05) is 57.6 Å². The Bertz CT molecular complexity index is 446. The Hall–Kier alpha value is -1.20. The monoisotopic (exact) mass is 368 g/mol. The average molecular weight is 369 g/mol. The first-order chi connectivity index (χ1) is 12.5. The number of carbonyl (C=O) groups excluding carboxylic acids is 2. The fraction of sp³-hybridized carbons (Fsp3) is 0.810. The number of ether oxygens (including phenoxy) is 1. The maximum Gasteiger partial charge on any atom is 0.305 e. The van der Waals surface area contributed by atoms with Crippen molar-refractivity contribution in [1.29, 1.82) is 0 Å². The number of allylic oxidation sites excluding steroid dienone is 1. The summed E-state index contributed by atoms with van der Waals surface area (Å²) in [5.74, 6) is -0.366. The zero-order valence-corrected chi connectivity index (χ0v) is 16.4. The molecule has 0 radical (unpaired) electrons. The predicted molar refractivity (Wildman–Crippen MR) is 102 cm³/mol. The lowest BCUT2D eigenvalue weighted by Gasteiger charge is -2.15. The van der Waals surface area contributed by atoms with Gasteiger partial charge >= 0.3 is 5.97 Å². The Morgan fingerprint density at radius 3 is 2.65 bits per heavy atom. The zero-order chi connectivity index (χ0) is 19.4. The van der Waals surface area contributed by atoms with E-state index in [9.17, 15) is 19.8 Å². The minimum absolute atomic E-state index is 0.0217. The van der Waals surface area contributed by atoms with Gasteiger partial charge in [0.25, 0.3) is 0 Å². The Labute approximate surface area is 157 Å². The maximum atomic E-state index is 12.2. The second-order valence-electron chi connectivity index (χ2n) is 7.40. The molecule has 1 aliphatic rings. The number of esters is 1. The van der Waals surface area contributed by atoms with Crippen LogP contribution in [-0.4, -0.2) is 41.3 Å². The first kappa shape index (κ1) is 22.8. The lowest BCUT2D eigenvalue weighted by Crippen LogP contribution is -2.19. The molecule has 0 aliphatic heterocycles. The summed E-state index contributed by atoms with van der Waals surface area (Å²) in [6.45, 7) is 2.13. The minimum atomic E-state index is -0.869. The summed E-state index contributed by atoms with van der Waals surface area (Å²) < 4.78 is 4.62. The zero-order valence-electron chi connectivity index (χ0n) is 16.4. The van der Waals surface area contributed by atoms with Gasteiger partial charge in [0.05, 0.1) is 13.2 Å². The van der Waals surface area contributed by atoms with Crippen molar-refractivity contribution in [3.05, 3.63) is 12.2 Å². The normalized spacial score (nSPS) is 24.3. The van der Waals surface area contributed by atoms with Crippen LogP contribution in [0.4, 0.5) is 0 Å². The summed E-state index contributed by atoms with van der Waals surface area (Å²) in [5, 5.41) is 19.9. The minimum Gasteiger partial charge on any atom is -0.469 e. The van der Waals surface area contributed by atoms with Gasteiger partial charge in [-0.15, -0.1) is 0 Å². The van der Waals surface area contributed by atoms with Crippen molar-refractivity contribution in [2.45, 2.75) is 89.8 Å². The predicted octanol–water partition coefficient (Wildman–Crippen LogP) is 3.56. The van der Waals surface area contributed by atoms with Crippen molar-refractivity contribution in [3.63, 3.8) is 0 Å². The van der Waals surface area contributed by atoms with Crippen molar-refractivity contribution in [3.8, 4) is 0 Å². The molecule has 0 saturated heterocycles. The lowest BCUT2D eigenvalue weighted by atomic mass is 9.89. The molecule has 4 atom stereocenters. The molecule has 150 valence electrons. The van der Waals surface area contributed by atoms with E-state index >= 15 is 0 Å². The molecule has 0 heterocycles. The highest BCUT2D eigenvalue weighted by atomic mass is 16.5. The molecule has 0 spiro atoms. The molecule has 0 aromatic rings. The number of hydrogen-bond donors (Lipinski definition) is 2. The van der Waals surface area contributed by atoms with Gasteiger partial charge in [0.1, 0.15) is 6.10 Å². The topological polar surface area (TPSA) is 83.8 Å². The maximum absolute atomic E-state index is 12.2. The van der Waals surface area contributed by atoms with Crippen molar-refractivity contribution in [2.75, 3.05) is 7.11 Å². The standard InChI is InChI=1S/C21H36O5/c1-3-4-7-10-17(22)14-13-16-15-19(23)21(25)18(16)11-8-5-6-9-12-20(24)26-2/h13-14,16-19,22-23H,3-12,15H2,1-2H3/b14-13+/t16-,17-,18+,19-/m0/s1. The van der Waals surface area contributed by atoms with Gasteiger partial charge in [-0.05, 0) is 31.6 Å². The SMILES string of the molecule is CCCCC[C@H](O)/C=C/[C@H]1C[C@H](O)C(=O)[C@@H]1CCCCCCC(=O)OC. The highest BCUT2D eigenvalue weighted by Crippen LogP contribution is 2.34. The van der Waals surface area contributed by atoms with Crippen molar-refractivity contribution in [1.82, 2.24) is 0 Å². The largest absolute Gasteiger partial charge is 0.469 e. The summed E-state index contributed by atoms with van der Waals surface area (Å²) in [6.07, 6.45) is 11.7. The van der Waals surface area contributed by atoms with E-state index in [0.717, 1.165) is 57.8 Å². The fourth-order valence-electron chi connectivity index (χ4n) is 3.63. The van der Waals surface area contributed by atoms with E-state index in [2.05, 4.69) is 11.7 Å². The molecule has 26 heavy (non-hydrogen) atoms. The van der Waals surface area contributed by atoms with Gasteiger partial charge in [0, 0.05) is 12.3 Å².